The summed E-state index contributed by atoms with van der Waals surface area (Å²) in [4.78, 5) is 15.4. The fourth-order valence-electron chi connectivity index (χ4n) is 4.45. The van der Waals surface area contributed by atoms with Gasteiger partial charge in [-0.05, 0) is 44.3 Å². The van der Waals surface area contributed by atoms with Crippen molar-refractivity contribution in [2.75, 3.05) is 0 Å². The van der Waals surface area contributed by atoms with E-state index in [0.717, 1.165) is 0 Å². The van der Waals surface area contributed by atoms with Crippen molar-refractivity contribution < 1.29 is 27.5 Å². The van der Waals surface area contributed by atoms with E-state index in [9.17, 15) is 27.5 Å². The van der Waals surface area contributed by atoms with Gasteiger partial charge in [-0.2, -0.15) is 0 Å². The number of imidazole rings is 1. The Labute approximate surface area is 175 Å². The molecule has 1 aliphatic carbocycles. The molecule has 1 saturated carbocycles. The number of halogens is 4. The van der Waals surface area contributed by atoms with Crippen LogP contribution in [-0.4, -0.2) is 32.7 Å². The highest BCUT2D eigenvalue weighted by molar-refractivity contribution is 7.71. The molecule has 2 aromatic rings. The van der Waals surface area contributed by atoms with Crippen LogP contribution in [-0.2, 0) is 24.2 Å². The number of amides is 1. The number of aromatic nitrogens is 2. The lowest BCUT2D eigenvalue weighted by molar-refractivity contribution is -0.121. The second kappa shape index (κ2) is 8.14. The number of carbonyl (C=O) groups excluding carboxylic acids is 1. The fourth-order valence-corrected chi connectivity index (χ4v) is 4.76. The molecule has 0 spiro atoms. The minimum atomic E-state index is -1.44. The van der Waals surface area contributed by atoms with Gasteiger partial charge in [-0.25, -0.2) is 17.6 Å². The molecule has 162 valence electrons. The molecular weight excluding hydrogens is 422 g/mol. The third kappa shape index (κ3) is 3.90. The van der Waals surface area contributed by atoms with Crippen molar-refractivity contribution in [2.24, 2.45) is 0 Å². The highest BCUT2D eigenvalue weighted by atomic mass is 32.1. The van der Waals surface area contributed by atoms with Crippen LogP contribution in [0.1, 0.15) is 48.6 Å². The maximum atomic E-state index is 14.2. The van der Waals surface area contributed by atoms with Crippen molar-refractivity contribution >= 4 is 18.1 Å². The highest BCUT2D eigenvalue weighted by Crippen LogP contribution is 2.36. The maximum Gasteiger partial charge on any atom is 0.226 e. The van der Waals surface area contributed by atoms with Crippen LogP contribution < -0.4 is 5.32 Å². The van der Waals surface area contributed by atoms with E-state index >= 15 is 0 Å². The lowest BCUT2D eigenvalue weighted by Crippen LogP contribution is -2.39. The molecular formula is C20H21F4N3O2S. The third-order valence-electron chi connectivity index (χ3n) is 5.97. The van der Waals surface area contributed by atoms with Crippen molar-refractivity contribution in [2.45, 2.75) is 63.1 Å². The largest absolute Gasteiger partial charge is 0.393 e. The number of aliphatic hydroxyl groups is 1. The minimum Gasteiger partial charge on any atom is -0.393 e. The average Bonchev–Trinajstić information content (AvgIpc) is 3.24. The van der Waals surface area contributed by atoms with E-state index in [1.165, 1.54) is 0 Å². The summed E-state index contributed by atoms with van der Waals surface area (Å²) in [6.07, 6.45) is 2.44. The summed E-state index contributed by atoms with van der Waals surface area (Å²) in [5, 5.41) is 12.5. The van der Waals surface area contributed by atoms with E-state index in [1.807, 2.05) is 0 Å². The molecule has 1 aromatic heterocycles. The number of aliphatic hydroxyl groups excluding tert-OH is 1. The number of hydrogen-bond donors (Lipinski definition) is 3. The molecule has 4 rings (SSSR count). The monoisotopic (exact) mass is 443 g/mol. The number of aromatic amines is 1. The van der Waals surface area contributed by atoms with Crippen molar-refractivity contribution in [3.05, 3.63) is 51.1 Å². The van der Waals surface area contributed by atoms with Gasteiger partial charge in [0.05, 0.1) is 12.5 Å². The Hall–Kier alpha value is -2.20. The summed E-state index contributed by atoms with van der Waals surface area (Å²) in [5.74, 6) is -6.75. The maximum absolute atomic E-state index is 14.2. The predicted octanol–water partition coefficient (Wildman–Crippen LogP) is 3.40. The summed E-state index contributed by atoms with van der Waals surface area (Å²) in [7, 11) is 0. The Morgan fingerprint density at radius 2 is 1.80 bits per heavy atom. The number of nitrogens with zero attached hydrogens (tertiary/aromatic N) is 1. The van der Waals surface area contributed by atoms with Crippen molar-refractivity contribution in [1.29, 1.82) is 0 Å². The van der Waals surface area contributed by atoms with Crippen LogP contribution in [0.15, 0.2) is 6.07 Å². The molecule has 30 heavy (non-hydrogen) atoms. The van der Waals surface area contributed by atoms with E-state index in [0.29, 0.717) is 37.1 Å². The number of nitrogens with one attached hydrogen (secondary N) is 2. The first-order valence-electron chi connectivity index (χ1n) is 9.85. The van der Waals surface area contributed by atoms with Gasteiger partial charge in [0.15, 0.2) is 28.0 Å². The Bertz CT molecular complexity index is 1020. The molecule has 2 heterocycles. The highest BCUT2D eigenvalue weighted by Gasteiger charge is 2.33. The van der Waals surface area contributed by atoms with Crippen LogP contribution in [0.5, 0.6) is 0 Å². The zero-order valence-electron chi connectivity index (χ0n) is 16.0. The SMILES string of the molecule is O=C(Cc1[nH]c(=S)n2c1C[C@H](c1c(F)c(F)cc(F)c1F)C2)N[C@H]1CC[C@H](O)CC1. The van der Waals surface area contributed by atoms with Gasteiger partial charge >= 0.3 is 0 Å². The Balaban J connectivity index is 1.51. The van der Waals surface area contributed by atoms with Gasteiger partial charge in [0.1, 0.15) is 0 Å². The molecule has 1 aliphatic heterocycles. The van der Waals surface area contributed by atoms with Gasteiger partial charge < -0.3 is 20.0 Å². The third-order valence-corrected chi connectivity index (χ3v) is 6.30. The summed E-state index contributed by atoms with van der Waals surface area (Å²) in [6, 6.07) is 0.182. The molecule has 0 saturated heterocycles. The van der Waals surface area contributed by atoms with Gasteiger partial charge in [-0.15, -0.1) is 0 Å². The predicted molar refractivity (Wildman–Crippen MR) is 102 cm³/mol. The standard InChI is InChI=1S/C20H21F4N3O2S/c21-12-6-13(22)19(24)17(18(12)23)9-5-15-14(26-20(30)27(15)8-9)7-16(29)25-10-1-3-11(28)4-2-10/h6,9-11,28H,1-5,7-8H2,(H,25,29)(H,26,30)/t9-,10-,11-/m0/s1. The smallest absolute Gasteiger partial charge is 0.226 e. The first kappa shape index (κ1) is 21.0. The van der Waals surface area contributed by atoms with Crippen molar-refractivity contribution in [3.8, 4) is 0 Å². The first-order valence-corrected chi connectivity index (χ1v) is 10.3. The van der Waals surface area contributed by atoms with E-state index in [2.05, 4.69) is 10.3 Å². The van der Waals surface area contributed by atoms with E-state index in [1.54, 1.807) is 4.57 Å². The second-order valence-corrected chi connectivity index (χ2v) is 8.39. The molecule has 1 fully saturated rings. The molecule has 10 heteroatoms. The lowest BCUT2D eigenvalue weighted by atomic mass is 9.93. The van der Waals surface area contributed by atoms with Gasteiger partial charge in [-0.3, -0.25) is 4.79 Å². The topological polar surface area (TPSA) is 70.0 Å². The normalized spacial score (nSPS) is 23.4. The summed E-state index contributed by atoms with van der Waals surface area (Å²) >= 11 is 5.26. The molecule has 1 aromatic carbocycles. The van der Waals surface area contributed by atoms with Gasteiger partial charge in [0, 0.05) is 41.5 Å². The minimum absolute atomic E-state index is 0.000221. The summed E-state index contributed by atoms with van der Waals surface area (Å²) in [5.41, 5.74) is 0.484. The quantitative estimate of drug-likeness (QED) is 0.385. The number of fused-ring (bicyclic) bond motifs is 1. The number of benzene rings is 1. The van der Waals surface area contributed by atoms with Crippen LogP contribution in [0.3, 0.4) is 0 Å². The summed E-state index contributed by atoms with van der Waals surface area (Å²) in [6.45, 7) is 0.0591. The van der Waals surface area contributed by atoms with Gasteiger partial charge in [0.2, 0.25) is 5.91 Å². The molecule has 1 atom stereocenters. The van der Waals surface area contributed by atoms with Crippen LogP contribution in [0.25, 0.3) is 0 Å². The van der Waals surface area contributed by atoms with E-state index in [-0.39, 0.29) is 48.3 Å². The van der Waals surface area contributed by atoms with Crippen molar-refractivity contribution in [1.82, 2.24) is 14.9 Å². The molecule has 1 amide bonds. The van der Waals surface area contributed by atoms with Crippen LogP contribution in [0.2, 0.25) is 0 Å². The molecule has 5 nitrogen and oxygen atoms in total. The molecule has 2 aliphatic rings. The Morgan fingerprint density at radius 3 is 2.43 bits per heavy atom. The molecule has 0 unspecified atom stereocenters. The molecule has 0 radical (unpaired) electrons. The average molecular weight is 443 g/mol. The zero-order valence-corrected chi connectivity index (χ0v) is 16.8. The van der Waals surface area contributed by atoms with Crippen LogP contribution in [0, 0.1) is 28.0 Å². The first-order chi connectivity index (χ1) is 14.2. The lowest BCUT2D eigenvalue weighted by Gasteiger charge is -2.26. The van der Waals surface area contributed by atoms with E-state index < -0.39 is 34.8 Å². The Morgan fingerprint density at radius 1 is 1.17 bits per heavy atom. The van der Waals surface area contributed by atoms with Gasteiger partial charge in [0.25, 0.3) is 0 Å². The van der Waals surface area contributed by atoms with Crippen LogP contribution >= 0.6 is 12.2 Å². The summed E-state index contributed by atoms with van der Waals surface area (Å²) < 4.78 is 57.6. The number of rotatable bonds is 4. The zero-order chi connectivity index (χ0) is 21.6. The number of H-pyrrole nitrogens is 1. The van der Waals surface area contributed by atoms with Gasteiger partial charge in [-0.1, -0.05) is 0 Å². The second-order valence-electron chi connectivity index (χ2n) is 8.00. The molecule has 3 N–H and O–H groups in total. The number of carbonyl (C=O) groups is 1. The fraction of sp³-hybridized carbons (Fsp3) is 0.500. The Kier molecular flexibility index (Phi) is 5.71. The van der Waals surface area contributed by atoms with Crippen LogP contribution in [0.4, 0.5) is 17.6 Å². The molecule has 0 bridgehead atoms. The van der Waals surface area contributed by atoms with Crippen molar-refractivity contribution in [3.63, 3.8) is 0 Å². The van der Waals surface area contributed by atoms with E-state index in [4.69, 9.17) is 12.2 Å². The number of hydrogen-bond acceptors (Lipinski definition) is 3.